The lowest BCUT2D eigenvalue weighted by Crippen LogP contribution is -2.47. The number of amides is 2. The minimum Gasteiger partial charge on any atom is -0.467 e. The van der Waals surface area contributed by atoms with Crippen molar-refractivity contribution >= 4 is 17.8 Å². The zero-order chi connectivity index (χ0) is 14.1. The van der Waals surface area contributed by atoms with Crippen LogP contribution in [0.25, 0.3) is 0 Å². The van der Waals surface area contributed by atoms with Crippen molar-refractivity contribution in [1.82, 2.24) is 10.6 Å². The number of hydrogen-bond donors (Lipinski definition) is 3. The molecule has 18 heavy (non-hydrogen) atoms. The van der Waals surface area contributed by atoms with Crippen molar-refractivity contribution in [2.24, 2.45) is 11.7 Å². The monoisotopic (exact) mass is 259 g/mol. The van der Waals surface area contributed by atoms with E-state index in [1.165, 1.54) is 7.11 Å². The Morgan fingerprint density at radius 2 is 1.83 bits per heavy atom. The molecule has 7 heteroatoms. The highest BCUT2D eigenvalue weighted by atomic mass is 16.5. The van der Waals surface area contributed by atoms with Gasteiger partial charge in [-0.05, 0) is 12.3 Å². The van der Waals surface area contributed by atoms with Crippen LogP contribution in [-0.4, -0.2) is 44.0 Å². The van der Waals surface area contributed by atoms with Gasteiger partial charge in [0, 0.05) is 0 Å². The first-order chi connectivity index (χ1) is 8.40. The van der Waals surface area contributed by atoms with E-state index in [4.69, 9.17) is 5.73 Å². The number of ether oxygens (including phenoxy) is 1. The summed E-state index contributed by atoms with van der Waals surface area (Å²) in [5.74, 6) is -1.15. The molecule has 0 saturated heterocycles. The zero-order valence-corrected chi connectivity index (χ0v) is 11.0. The Balaban J connectivity index is 4.26. The molecule has 0 heterocycles. The van der Waals surface area contributed by atoms with Gasteiger partial charge < -0.3 is 21.1 Å². The van der Waals surface area contributed by atoms with Gasteiger partial charge in [0.05, 0.1) is 20.2 Å². The molecule has 0 aromatic heterocycles. The third kappa shape index (κ3) is 6.85. The molecular formula is C11H21N3O4. The van der Waals surface area contributed by atoms with E-state index >= 15 is 0 Å². The quantitative estimate of drug-likeness (QED) is 0.496. The molecule has 0 aliphatic heterocycles. The molecule has 0 aromatic rings. The predicted molar refractivity (Wildman–Crippen MR) is 65.5 cm³/mol. The van der Waals surface area contributed by atoms with Crippen LogP contribution in [0.15, 0.2) is 0 Å². The van der Waals surface area contributed by atoms with Crippen LogP contribution in [0.3, 0.4) is 0 Å². The minimum absolute atomic E-state index is 0.181. The minimum atomic E-state index is -0.697. The Bertz CT molecular complexity index is 305. The van der Waals surface area contributed by atoms with Crippen molar-refractivity contribution in [3.8, 4) is 0 Å². The standard InChI is InChI=1S/C11H21N3O4/c1-7(2)4-8(11(17)18-3)14-10(16)6-13-9(15)5-12/h7-8H,4-6,12H2,1-3H3,(H,13,15)(H,14,16)/t8-/m1/s1. The summed E-state index contributed by atoms with van der Waals surface area (Å²) in [6.45, 7) is 3.47. The van der Waals surface area contributed by atoms with Gasteiger partial charge in [-0.1, -0.05) is 13.8 Å². The van der Waals surface area contributed by atoms with Gasteiger partial charge in [0.15, 0.2) is 0 Å². The molecule has 0 aliphatic carbocycles. The zero-order valence-electron chi connectivity index (χ0n) is 11.0. The van der Waals surface area contributed by atoms with E-state index in [-0.39, 0.29) is 19.0 Å². The van der Waals surface area contributed by atoms with Gasteiger partial charge in [0.25, 0.3) is 0 Å². The van der Waals surface area contributed by atoms with Crippen LogP contribution in [0.1, 0.15) is 20.3 Å². The lowest BCUT2D eigenvalue weighted by Gasteiger charge is -2.18. The van der Waals surface area contributed by atoms with E-state index in [2.05, 4.69) is 15.4 Å². The van der Waals surface area contributed by atoms with E-state index in [0.29, 0.717) is 6.42 Å². The largest absolute Gasteiger partial charge is 0.467 e. The summed E-state index contributed by atoms with van der Waals surface area (Å²) >= 11 is 0. The van der Waals surface area contributed by atoms with Crippen LogP contribution >= 0.6 is 0 Å². The van der Waals surface area contributed by atoms with Crippen LogP contribution in [0.5, 0.6) is 0 Å². The van der Waals surface area contributed by atoms with E-state index in [1.807, 2.05) is 13.8 Å². The molecule has 0 aliphatic rings. The Kier molecular flexibility index (Phi) is 7.69. The Morgan fingerprint density at radius 3 is 2.28 bits per heavy atom. The van der Waals surface area contributed by atoms with Crippen molar-refractivity contribution in [1.29, 1.82) is 0 Å². The van der Waals surface area contributed by atoms with Crippen molar-refractivity contribution in [2.75, 3.05) is 20.2 Å². The van der Waals surface area contributed by atoms with Gasteiger partial charge in [0.2, 0.25) is 11.8 Å². The molecule has 1 atom stereocenters. The lowest BCUT2D eigenvalue weighted by atomic mass is 10.0. The van der Waals surface area contributed by atoms with E-state index in [1.54, 1.807) is 0 Å². The van der Waals surface area contributed by atoms with E-state index in [0.717, 1.165) is 0 Å². The third-order valence-corrected chi connectivity index (χ3v) is 2.16. The van der Waals surface area contributed by atoms with Gasteiger partial charge in [0.1, 0.15) is 6.04 Å². The summed E-state index contributed by atoms with van der Waals surface area (Å²) in [6, 6.07) is -0.697. The Labute approximate surface area is 106 Å². The average Bonchev–Trinajstić information content (AvgIpc) is 2.33. The maximum atomic E-state index is 11.5. The van der Waals surface area contributed by atoms with Crippen LogP contribution in [0.2, 0.25) is 0 Å². The smallest absolute Gasteiger partial charge is 0.328 e. The fourth-order valence-electron chi connectivity index (χ4n) is 1.32. The lowest BCUT2D eigenvalue weighted by molar-refractivity contribution is -0.145. The number of nitrogens with one attached hydrogen (secondary N) is 2. The average molecular weight is 259 g/mol. The summed E-state index contributed by atoms with van der Waals surface area (Å²) < 4.78 is 4.60. The summed E-state index contributed by atoms with van der Waals surface area (Å²) in [7, 11) is 1.26. The second kappa shape index (κ2) is 8.46. The molecule has 0 unspecified atom stereocenters. The number of esters is 1. The van der Waals surface area contributed by atoms with Crippen LogP contribution in [0, 0.1) is 5.92 Å². The summed E-state index contributed by atoms with van der Waals surface area (Å²) in [4.78, 5) is 33.8. The second-order valence-corrected chi connectivity index (χ2v) is 4.25. The van der Waals surface area contributed by atoms with Crippen molar-refractivity contribution in [3.63, 3.8) is 0 Å². The van der Waals surface area contributed by atoms with Crippen LogP contribution in [0.4, 0.5) is 0 Å². The summed E-state index contributed by atoms with van der Waals surface area (Å²) in [5, 5.41) is 4.83. The molecule has 0 rings (SSSR count). The Hall–Kier alpha value is -1.63. The van der Waals surface area contributed by atoms with Gasteiger partial charge in [-0.25, -0.2) is 4.79 Å². The second-order valence-electron chi connectivity index (χ2n) is 4.25. The molecule has 0 fully saturated rings. The molecule has 0 aromatic carbocycles. The number of rotatable bonds is 7. The van der Waals surface area contributed by atoms with Crippen LogP contribution < -0.4 is 16.4 Å². The molecule has 0 bridgehead atoms. The van der Waals surface area contributed by atoms with Crippen molar-refractivity contribution in [3.05, 3.63) is 0 Å². The van der Waals surface area contributed by atoms with Gasteiger partial charge in [-0.3, -0.25) is 9.59 Å². The number of hydrogen-bond acceptors (Lipinski definition) is 5. The topological polar surface area (TPSA) is 111 Å². The molecule has 0 radical (unpaired) electrons. The highest BCUT2D eigenvalue weighted by Crippen LogP contribution is 2.05. The van der Waals surface area contributed by atoms with E-state index < -0.39 is 23.8 Å². The number of methoxy groups -OCH3 is 1. The molecule has 0 saturated carbocycles. The normalized spacial score (nSPS) is 11.8. The van der Waals surface area contributed by atoms with Crippen molar-refractivity contribution in [2.45, 2.75) is 26.3 Å². The number of carbonyl (C=O) groups is 3. The molecule has 4 N–H and O–H groups in total. The molecule has 104 valence electrons. The highest BCUT2D eigenvalue weighted by molar-refractivity contribution is 5.88. The SMILES string of the molecule is COC(=O)[C@@H](CC(C)C)NC(=O)CNC(=O)CN. The fourth-order valence-corrected chi connectivity index (χ4v) is 1.32. The first-order valence-electron chi connectivity index (χ1n) is 5.74. The highest BCUT2D eigenvalue weighted by Gasteiger charge is 2.22. The third-order valence-electron chi connectivity index (χ3n) is 2.16. The maximum absolute atomic E-state index is 11.5. The molecule has 2 amide bonds. The summed E-state index contributed by atoms with van der Waals surface area (Å²) in [5.41, 5.74) is 5.08. The number of carbonyl (C=O) groups excluding carboxylic acids is 3. The first kappa shape index (κ1) is 16.4. The van der Waals surface area contributed by atoms with E-state index in [9.17, 15) is 14.4 Å². The van der Waals surface area contributed by atoms with Gasteiger partial charge >= 0.3 is 5.97 Å². The Morgan fingerprint density at radius 1 is 1.22 bits per heavy atom. The van der Waals surface area contributed by atoms with Crippen LogP contribution in [-0.2, 0) is 19.1 Å². The van der Waals surface area contributed by atoms with Crippen molar-refractivity contribution < 1.29 is 19.1 Å². The predicted octanol–water partition coefficient (Wildman–Crippen LogP) is -1.23. The fraction of sp³-hybridized carbons (Fsp3) is 0.727. The molecule has 7 nitrogen and oxygen atoms in total. The number of nitrogens with two attached hydrogens (primary N) is 1. The summed E-state index contributed by atoms with van der Waals surface area (Å²) in [6.07, 6.45) is 0.475. The maximum Gasteiger partial charge on any atom is 0.328 e. The first-order valence-corrected chi connectivity index (χ1v) is 5.74. The molecule has 0 spiro atoms. The van der Waals surface area contributed by atoms with Gasteiger partial charge in [-0.15, -0.1) is 0 Å². The molecular weight excluding hydrogens is 238 g/mol. The van der Waals surface area contributed by atoms with Gasteiger partial charge in [-0.2, -0.15) is 0 Å².